The molecule has 0 unspecified atom stereocenters. The summed E-state index contributed by atoms with van der Waals surface area (Å²) in [6, 6.07) is 23.0. The van der Waals surface area contributed by atoms with Crippen LogP contribution >= 0.6 is 23.1 Å². The molecule has 1 aromatic heterocycles. The highest BCUT2D eigenvalue weighted by Gasteiger charge is 2.12. The number of carbonyl (C=O) groups excluding carboxylic acids is 2. The SMILES string of the molecule is COc1ccc(CCNC(=O)CSc2nnc(NC(=O)c3ccc(-c4ccccc4)cc3)s2)cc1OC. The quantitative estimate of drug-likeness (QED) is 0.208. The van der Waals surface area contributed by atoms with Gasteiger partial charge in [-0.3, -0.25) is 14.9 Å². The van der Waals surface area contributed by atoms with Gasteiger partial charge in [0.25, 0.3) is 5.91 Å². The van der Waals surface area contributed by atoms with Gasteiger partial charge in [0.15, 0.2) is 15.8 Å². The van der Waals surface area contributed by atoms with Crippen LogP contribution in [0, 0.1) is 0 Å². The first-order valence-corrected chi connectivity index (χ1v) is 13.3. The van der Waals surface area contributed by atoms with Crippen LogP contribution in [0.5, 0.6) is 11.5 Å². The molecule has 0 aliphatic carbocycles. The first kappa shape index (κ1) is 26.2. The third-order valence-corrected chi connectivity index (χ3v) is 7.36. The van der Waals surface area contributed by atoms with Crippen molar-refractivity contribution < 1.29 is 19.1 Å². The minimum Gasteiger partial charge on any atom is -0.493 e. The molecule has 0 aliphatic rings. The maximum absolute atomic E-state index is 12.6. The van der Waals surface area contributed by atoms with E-state index in [1.54, 1.807) is 26.4 Å². The molecule has 10 heteroatoms. The molecule has 4 rings (SSSR count). The Morgan fingerprint density at radius 2 is 1.62 bits per heavy atom. The maximum atomic E-state index is 12.6. The monoisotopic (exact) mass is 534 g/mol. The molecule has 3 aromatic carbocycles. The molecule has 0 atom stereocenters. The molecule has 37 heavy (non-hydrogen) atoms. The summed E-state index contributed by atoms with van der Waals surface area (Å²) in [5.41, 5.74) is 3.68. The summed E-state index contributed by atoms with van der Waals surface area (Å²) >= 11 is 2.50. The van der Waals surface area contributed by atoms with Crippen molar-refractivity contribution in [3.8, 4) is 22.6 Å². The predicted octanol–water partition coefficient (Wildman–Crippen LogP) is 4.93. The van der Waals surface area contributed by atoms with Crippen LogP contribution in [0.1, 0.15) is 15.9 Å². The summed E-state index contributed by atoms with van der Waals surface area (Å²) < 4.78 is 11.2. The van der Waals surface area contributed by atoms with E-state index in [0.717, 1.165) is 16.7 Å². The van der Waals surface area contributed by atoms with E-state index in [0.29, 0.717) is 39.5 Å². The molecule has 0 bridgehead atoms. The summed E-state index contributed by atoms with van der Waals surface area (Å²) in [5.74, 6) is 1.16. The predicted molar refractivity (Wildman–Crippen MR) is 147 cm³/mol. The molecule has 2 N–H and O–H groups in total. The topological polar surface area (TPSA) is 102 Å². The number of anilines is 1. The first-order chi connectivity index (χ1) is 18.1. The Bertz CT molecular complexity index is 1340. The highest BCUT2D eigenvalue weighted by atomic mass is 32.2. The van der Waals surface area contributed by atoms with Crippen LogP contribution in [0.4, 0.5) is 5.13 Å². The smallest absolute Gasteiger partial charge is 0.257 e. The van der Waals surface area contributed by atoms with E-state index < -0.39 is 0 Å². The summed E-state index contributed by atoms with van der Waals surface area (Å²) in [4.78, 5) is 24.8. The molecule has 0 aliphatic heterocycles. The van der Waals surface area contributed by atoms with E-state index in [9.17, 15) is 9.59 Å². The lowest BCUT2D eigenvalue weighted by Crippen LogP contribution is -2.27. The van der Waals surface area contributed by atoms with E-state index in [1.165, 1.54) is 23.1 Å². The fraction of sp³-hybridized carbons (Fsp3) is 0.185. The molecule has 0 fully saturated rings. The number of rotatable bonds is 11. The number of benzene rings is 3. The van der Waals surface area contributed by atoms with Crippen LogP contribution in [0.25, 0.3) is 11.1 Å². The zero-order valence-electron chi connectivity index (χ0n) is 20.4. The molecule has 0 spiro atoms. The Kier molecular flexibility index (Phi) is 9.12. The van der Waals surface area contributed by atoms with Crippen molar-refractivity contribution in [1.29, 1.82) is 0 Å². The zero-order valence-corrected chi connectivity index (χ0v) is 22.0. The number of nitrogens with one attached hydrogen (secondary N) is 2. The van der Waals surface area contributed by atoms with Crippen molar-refractivity contribution in [2.45, 2.75) is 10.8 Å². The van der Waals surface area contributed by atoms with Gasteiger partial charge in [-0.2, -0.15) is 0 Å². The Hall–Kier alpha value is -3.89. The number of aromatic nitrogens is 2. The number of thioether (sulfide) groups is 1. The van der Waals surface area contributed by atoms with Crippen LogP contribution in [-0.4, -0.2) is 48.5 Å². The highest BCUT2D eigenvalue weighted by Crippen LogP contribution is 2.28. The molecule has 0 radical (unpaired) electrons. The van der Waals surface area contributed by atoms with Crippen LogP contribution in [0.2, 0.25) is 0 Å². The van der Waals surface area contributed by atoms with Gasteiger partial charge in [-0.1, -0.05) is 71.6 Å². The number of hydrogen-bond donors (Lipinski definition) is 2. The third kappa shape index (κ3) is 7.31. The molecule has 190 valence electrons. The first-order valence-electron chi connectivity index (χ1n) is 11.5. The molecule has 2 amide bonds. The molecule has 0 saturated heterocycles. The number of carbonyl (C=O) groups is 2. The number of amides is 2. The van der Waals surface area contributed by atoms with Crippen LogP contribution in [0.3, 0.4) is 0 Å². The van der Waals surface area contributed by atoms with Gasteiger partial charge in [0.05, 0.1) is 20.0 Å². The summed E-state index contributed by atoms with van der Waals surface area (Å²) in [7, 11) is 3.18. The van der Waals surface area contributed by atoms with E-state index in [-0.39, 0.29) is 17.6 Å². The number of ether oxygens (including phenoxy) is 2. The van der Waals surface area contributed by atoms with Gasteiger partial charge in [0, 0.05) is 12.1 Å². The van der Waals surface area contributed by atoms with Gasteiger partial charge in [-0.25, -0.2) is 0 Å². The number of methoxy groups -OCH3 is 2. The fourth-order valence-corrected chi connectivity index (χ4v) is 5.07. The molecule has 1 heterocycles. The fourth-order valence-electron chi connectivity index (χ4n) is 3.49. The van der Waals surface area contributed by atoms with Gasteiger partial charge in [0.1, 0.15) is 0 Å². The minimum absolute atomic E-state index is 0.107. The Morgan fingerprint density at radius 3 is 2.35 bits per heavy atom. The van der Waals surface area contributed by atoms with Crippen molar-refractivity contribution >= 4 is 40.0 Å². The average Bonchev–Trinajstić information content (AvgIpc) is 3.39. The van der Waals surface area contributed by atoms with E-state index in [4.69, 9.17) is 9.47 Å². The van der Waals surface area contributed by atoms with Gasteiger partial charge < -0.3 is 14.8 Å². The van der Waals surface area contributed by atoms with Crippen molar-refractivity contribution in [3.63, 3.8) is 0 Å². The lowest BCUT2D eigenvalue weighted by molar-refractivity contribution is -0.118. The largest absolute Gasteiger partial charge is 0.493 e. The van der Waals surface area contributed by atoms with Crippen LogP contribution in [-0.2, 0) is 11.2 Å². The van der Waals surface area contributed by atoms with Gasteiger partial charge in [0.2, 0.25) is 11.0 Å². The maximum Gasteiger partial charge on any atom is 0.257 e. The standard InChI is InChI=1S/C27H26N4O4S2/c1-34-22-13-8-18(16-23(22)35-2)14-15-28-24(32)17-36-27-31-30-26(37-27)29-25(33)21-11-9-20(10-12-21)19-6-4-3-5-7-19/h3-13,16H,14-15,17H2,1-2H3,(H,28,32)(H,29,30,33). The van der Waals surface area contributed by atoms with E-state index in [1.807, 2.05) is 60.7 Å². The molecule has 4 aromatic rings. The zero-order chi connectivity index (χ0) is 26.0. The van der Waals surface area contributed by atoms with E-state index in [2.05, 4.69) is 20.8 Å². The second kappa shape index (κ2) is 12.9. The van der Waals surface area contributed by atoms with Crippen molar-refractivity contribution in [2.75, 3.05) is 31.8 Å². The van der Waals surface area contributed by atoms with Crippen molar-refractivity contribution in [3.05, 3.63) is 83.9 Å². The van der Waals surface area contributed by atoms with Gasteiger partial charge >= 0.3 is 0 Å². The Labute approximate surface area is 223 Å². The highest BCUT2D eigenvalue weighted by molar-refractivity contribution is 8.01. The van der Waals surface area contributed by atoms with Crippen LogP contribution < -0.4 is 20.1 Å². The van der Waals surface area contributed by atoms with Crippen molar-refractivity contribution in [2.24, 2.45) is 0 Å². The molecular weight excluding hydrogens is 508 g/mol. The normalized spacial score (nSPS) is 10.5. The van der Waals surface area contributed by atoms with Crippen LogP contribution in [0.15, 0.2) is 77.1 Å². The second-order valence-corrected chi connectivity index (χ2v) is 10.0. The van der Waals surface area contributed by atoms with Gasteiger partial charge in [-0.15, -0.1) is 10.2 Å². The van der Waals surface area contributed by atoms with Gasteiger partial charge in [-0.05, 0) is 47.4 Å². The third-order valence-electron chi connectivity index (χ3n) is 5.39. The lowest BCUT2D eigenvalue weighted by Gasteiger charge is -2.10. The Morgan fingerprint density at radius 1 is 0.892 bits per heavy atom. The average molecular weight is 535 g/mol. The molecule has 0 saturated carbocycles. The van der Waals surface area contributed by atoms with E-state index >= 15 is 0 Å². The lowest BCUT2D eigenvalue weighted by atomic mass is 10.0. The number of nitrogens with zero attached hydrogens (tertiary/aromatic N) is 2. The molecular formula is C27H26N4O4S2. The molecule has 8 nitrogen and oxygen atoms in total. The minimum atomic E-state index is -0.264. The summed E-state index contributed by atoms with van der Waals surface area (Å²) in [6.07, 6.45) is 0.665. The Balaban J connectivity index is 1.21. The second-order valence-electron chi connectivity index (χ2n) is 7.85. The van der Waals surface area contributed by atoms with Crippen molar-refractivity contribution in [1.82, 2.24) is 15.5 Å². The number of hydrogen-bond acceptors (Lipinski definition) is 8. The summed E-state index contributed by atoms with van der Waals surface area (Å²) in [6.45, 7) is 0.495. The summed E-state index contributed by atoms with van der Waals surface area (Å²) in [5, 5.41) is 14.1.